The second-order valence-electron chi connectivity index (χ2n) is 6.36. The van der Waals surface area contributed by atoms with E-state index in [0.29, 0.717) is 5.92 Å². The molecule has 1 unspecified atom stereocenters. The van der Waals surface area contributed by atoms with E-state index in [0.717, 1.165) is 41.1 Å². The van der Waals surface area contributed by atoms with Crippen molar-refractivity contribution < 1.29 is 5.11 Å². The van der Waals surface area contributed by atoms with E-state index in [1.807, 2.05) is 18.3 Å². The van der Waals surface area contributed by atoms with E-state index in [2.05, 4.69) is 26.8 Å². The van der Waals surface area contributed by atoms with Crippen molar-refractivity contribution in [3.63, 3.8) is 0 Å². The summed E-state index contributed by atoms with van der Waals surface area (Å²) < 4.78 is 0. The zero-order chi connectivity index (χ0) is 15.8. The monoisotopic (exact) mass is 308 g/mol. The Hall–Kier alpha value is -2.56. The van der Waals surface area contributed by atoms with Gasteiger partial charge in [-0.3, -0.25) is 0 Å². The predicted molar refractivity (Wildman–Crippen MR) is 91.6 cm³/mol. The van der Waals surface area contributed by atoms with Gasteiger partial charge in [-0.25, -0.2) is 9.97 Å². The molecule has 1 aromatic carbocycles. The highest BCUT2D eigenvalue weighted by atomic mass is 16.3. The van der Waals surface area contributed by atoms with Crippen LogP contribution in [0.4, 0.5) is 5.82 Å². The Morgan fingerprint density at radius 2 is 2.04 bits per heavy atom. The van der Waals surface area contributed by atoms with Crippen molar-refractivity contribution in [3.05, 3.63) is 36.8 Å². The van der Waals surface area contributed by atoms with Gasteiger partial charge < -0.3 is 15.0 Å². The van der Waals surface area contributed by atoms with Crippen molar-refractivity contribution in [1.29, 1.82) is 0 Å². The van der Waals surface area contributed by atoms with Gasteiger partial charge in [0, 0.05) is 24.8 Å². The van der Waals surface area contributed by atoms with E-state index in [4.69, 9.17) is 0 Å². The van der Waals surface area contributed by atoms with Crippen LogP contribution >= 0.6 is 0 Å². The number of aromatic nitrogens is 3. The first-order chi connectivity index (χ1) is 11.2. The van der Waals surface area contributed by atoms with Gasteiger partial charge in [0.1, 0.15) is 23.5 Å². The molecular formula is C18H20N4O. The molecule has 0 radical (unpaired) electrons. The fourth-order valence-electron chi connectivity index (χ4n) is 3.44. The van der Waals surface area contributed by atoms with Crippen LogP contribution in [-0.4, -0.2) is 33.1 Å². The molecule has 0 amide bonds. The number of nitrogens with one attached hydrogen (secondary N) is 1. The third-order valence-electron chi connectivity index (χ3n) is 4.58. The van der Waals surface area contributed by atoms with Crippen LogP contribution in [0.2, 0.25) is 0 Å². The fraction of sp³-hybridized carbons (Fsp3) is 0.333. The van der Waals surface area contributed by atoms with E-state index >= 15 is 0 Å². The standard InChI is InChI=1S/C18H20N4O/c1-12-3-2-8-22(10-12)18-16-15(9-19-17(16)20-11-21-18)13-4-6-14(23)7-5-13/h4-7,9,11-12,23H,2-3,8,10H2,1H3,(H,19,20,21). The van der Waals surface area contributed by atoms with Crippen molar-refractivity contribution in [2.75, 3.05) is 18.0 Å². The lowest BCUT2D eigenvalue weighted by molar-refractivity contribution is 0.445. The summed E-state index contributed by atoms with van der Waals surface area (Å²) in [7, 11) is 0. The van der Waals surface area contributed by atoms with E-state index in [1.54, 1.807) is 18.5 Å². The van der Waals surface area contributed by atoms with Gasteiger partial charge in [-0.15, -0.1) is 0 Å². The van der Waals surface area contributed by atoms with Crippen LogP contribution in [-0.2, 0) is 0 Å². The minimum atomic E-state index is 0.273. The maximum Gasteiger partial charge on any atom is 0.143 e. The van der Waals surface area contributed by atoms with Crippen molar-refractivity contribution in [1.82, 2.24) is 15.0 Å². The maximum atomic E-state index is 9.51. The molecule has 4 rings (SSSR count). The molecule has 0 saturated carbocycles. The Kier molecular flexibility index (Phi) is 3.41. The van der Waals surface area contributed by atoms with Gasteiger partial charge in [-0.05, 0) is 36.5 Å². The summed E-state index contributed by atoms with van der Waals surface area (Å²) in [5.41, 5.74) is 2.99. The lowest BCUT2D eigenvalue weighted by Crippen LogP contribution is -2.35. The number of H-pyrrole nitrogens is 1. The number of fused-ring (bicyclic) bond motifs is 1. The lowest BCUT2D eigenvalue weighted by Gasteiger charge is -2.32. The van der Waals surface area contributed by atoms with Gasteiger partial charge in [0.2, 0.25) is 0 Å². The summed E-state index contributed by atoms with van der Waals surface area (Å²) in [4.78, 5) is 14.6. The third-order valence-corrected chi connectivity index (χ3v) is 4.58. The summed E-state index contributed by atoms with van der Waals surface area (Å²) in [5, 5.41) is 10.6. The second kappa shape index (κ2) is 5.57. The van der Waals surface area contributed by atoms with Gasteiger partial charge in [-0.1, -0.05) is 19.1 Å². The average Bonchev–Trinajstić information content (AvgIpc) is 3.00. The molecule has 3 heterocycles. The molecule has 1 aliphatic heterocycles. The number of benzene rings is 1. The first-order valence-corrected chi connectivity index (χ1v) is 8.09. The number of hydrogen-bond acceptors (Lipinski definition) is 4. The highest BCUT2D eigenvalue weighted by molar-refractivity contribution is 6.01. The first-order valence-electron chi connectivity index (χ1n) is 8.09. The molecule has 2 N–H and O–H groups in total. The predicted octanol–water partition coefficient (Wildman–Crippen LogP) is 3.57. The topological polar surface area (TPSA) is 65.0 Å². The largest absolute Gasteiger partial charge is 0.508 e. The summed E-state index contributed by atoms with van der Waals surface area (Å²) in [5.74, 6) is 1.96. The maximum absolute atomic E-state index is 9.51. The molecule has 23 heavy (non-hydrogen) atoms. The molecule has 0 aliphatic carbocycles. The number of piperidine rings is 1. The van der Waals surface area contributed by atoms with E-state index in [9.17, 15) is 5.11 Å². The van der Waals surface area contributed by atoms with Crippen LogP contribution in [0.1, 0.15) is 19.8 Å². The van der Waals surface area contributed by atoms with E-state index in [-0.39, 0.29) is 5.75 Å². The minimum absolute atomic E-state index is 0.273. The Labute approximate surface area is 135 Å². The number of hydrogen-bond donors (Lipinski definition) is 2. The number of phenolic OH excluding ortho intramolecular Hbond substituents is 1. The molecule has 5 nitrogen and oxygen atoms in total. The Balaban J connectivity index is 1.85. The molecule has 1 fully saturated rings. The molecule has 0 bridgehead atoms. The number of rotatable bonds is 2. The summed E-state index contributed by atoms with van der Waals surface area (Å²) >= 11 is 0. The number of phenols is 1. The molecule has 1 aliphatic rings. The van der Waals surface area contributed by atoms with Gasteiger partial charge in [-0.2, -0.15) is 0 Å². The average molecular weight is 308 g/mol. The second-order valence-corrected chi connectivity index (χ2v) is 6.36. The van der Waals surface area contributed by atoms with Crippen molar-refractivity contribution in [2.45, 2.75) is 19.8 Å². The van der Waals surface area contributed by atoms with Crippen LogP contribution in [0, 0.1) is 5.92 Å². The highest BCUT2D eigenvalue weighted by Gasteiger charge is 2.22. The molecule has 3 aromatic rings. The Morgan fingerprint density at radius 1 is 1.22 bits per heavy atom. The SMILES string of the molecule is CC1CCCN(c2ncnc3[nH]cc(-c4ccc(O)cc4)c23)C1. The van der Waals surface area contributed by atoms with Crippen molar-refractivity contribution >= 4 is 16.9 Å². The lowest BCUT2D eigenvalue weighted by atomic mass is 9.99. The fourth-order valence-corrected chi connectivity index (χ4v) is 3.44. The van der Waals surface area contributed by atoms with E-state index in [1.165, 1.54) is 12.8 Å². The smallest absolute Gasteiger partial charge is 0.143 e. The highest BCUT2D eigenvalue weighted by Crippen LogP contribution is 2.35. The van der Waals surface area contributed by atoms with Gasteiger partial charge in [0.05, 0.1) is 5.39 Å². The number of nitrogens with zero attached hydrogens (tertiary/aromatic N) is 3. The van der Waals surface area contributed by atoms with Crippen LogP contribution in [0.5, 0.6) is 5.75 Å². The summed E-state index contributed by atoms with van der Waals surface area (Å²) in [6.45, 7) is 4.37. The zero-order valence-corrected chi connectivity index (χ0v) is 13.2. The molecule has 5 heteroatoms. The number of aromatic hydroxyl groups is 1. The van der Waals surface area contributed by atoms with Crippen LogP contribution in [0.15, 0.2) is 36.8 Å². The normalized spacial score (nSPS) is 18.5. The van der Waals surface area contributed by atoms with Crippen LogP contribution in [0.3, 0.4) is 0 Å². The molecule has 1 saturated heterocycles. The Morgan fingerprint density at radius 3 is 2.83 bits per heavy atom. The van der Waals surface area contributed by atoms with Crippen LogP contribution in [0.25, 0.3) is 22.2 Å². The summed E-state index contributed by atoms with van der Waals surface area (Å²) in [6, 6.07) is 7.27. The molecular weight excluding hydrogens is 288 g/mol. The molecule has 0 spiro atoms. The molecule has 1 atom stereocenters. The quantitative estimate of drug-likeness (QED) is 0.759. The number of anilines is 1. The third kappa shape index (κ3) is 2.52. The summed E-state index contributed by atoms with van der Waals surface area (Å²) in [6.07, 6.45) is 6.09. The van der Waals surface area contributed by atoms with Crippen molar-refractivity contribution in [2.24, 2.45) is 5.92 Å². The van der Waals surface area contributed by atoms with Crippen LogP contribution < -0.4 is 4.90 Å². The van der Waals surface area contributed by atoms with Crippen molar-refractivity contribution in [3.8, 4) is 16.9 Å². The zero-order valence-electron chi connectivity index (χ0n) is 13.2. The molecule has 2 aromatic heterocycles. The minimum Gasteiger partial charge on any atom is -0.508 e. The first kappa shape index (κ1) is 14.1. The van der Waals surface area contributed by atoms with E-state index < -0.39 is 0 Å². The van der Waals surface area contributed by atoms with Gasteiger partial charge in [0.15, 0.2) is 0 Å². The molecule has 118 valence electrons. The number of aromatic amines is 1. The van der Waals surface area contributed by atoms with Gasteiger partial charge >= 0.3 is 0 Å². The van der Waals surface area contributed by atoms with Gasteiger partial charge in [0.25, 0.3) is 0 Å². The Bertz CT molecular complexity index is 825.